The van der Waals surface area contributed by atoms with Gasteiger partial charge in [-0.1, -0.05) is 31.2 Å². The summed E-state index contributed by atoms with van der Waals surface area (Å²) in [6.45, 7) is 2.15. The Balaban J connectivity index is 0.000000123. The number of aryl methyl sites for hydroxylation is 1. The Morgan fingerprint density at radius 2 is 1.85 bits per heavy atom. The van der Waals surface area contributed by atoms with Gasteiger partial charge in [0.25, 0.3) is 0 Å². The fraction of sp³-hybridized carbons (Fsp3) is 0.118. The summed E-state index contributed by atoms with van der Waals surface area (Å²) in [7, 11) is 0. The quantitative estimate of drug-likeness (QED) is 0.528. The Hall–Kier alpha value is -2.55. The van der Waals surface area contributed by atoms with Gasteiger partial charge in [-0.15, -0.1) is 0 Å². The molecular weight excluding hydrogens is 246 g/mol. The Labute approximate surface area is 117 Å². The molecule has 2 aromatic carbocycles. The molecule has 0 aliphatic rings. The number of hydrogen-bond acceptors (Lipinski definition) is 1. The molecule has 2 aromatic heterocycles. The summed E-state index contributed by atoms with van der Waals surface area (Å²) in [6.07, 6.45) is 4.75. The molecule has 4 rings (SSSR count). The highest BCUT2D eigenvalue weighted by atomic mass is 14.9. The summed E-state index contributed by atoms with van der Waals surface area (Å²) >= 11 is 0. The summed E-state index contributed by atoms with van der Waals surface area (Å²) in [6, 6.07) is 16.6. The van der Waals surface area contributed by atoms with Crippen LogP contribution in [0.2, 0.25) is 0 Å². The van der Waals surface area contributed by atoms with Crippen molar-refractivity contribution in [1.29, 1.82) is 0 Å². The molecule has 100 valence electrons. The predicted octanol–water partition coefficient (Wildman–Crippen LogP) is 4.29. The van der Waals surface area contributed by atoms with Crippen molar-refractivity contribution in [2.45, 2.75) is 13.3 Å². The third-order valence-corrected chi connectivity index (χ3v) is 3.36. The summed E-state index contributed by atoms with van der Waals surface area (Å²) in [5.74, 6) is 0. The zero-order chi connectivity index (χ0) is 13.8. The number of aromatic nitrogens is 3. The van der Waals surface area contributed by atoms with Crippen LogP contribution in [0.5, 0.6) is 0 Å². The number of fused-ring (bicyclic) bond motifs is 2. The first-order valence-corrected chi connectivity index (χ1v) is 6.81. The fourth-order valence-corrected chi connectivity index (χ4v) is 2.20. The number of aromatic amines is 2. The number of para-hydroxylation sites is 1. The Bertz CT molecular complexity index is 781. The lowest BCUT2D eigenvalue weighted by molar-refractivity contribution is 1.14. The molecule has 2 N–H and O–H groups in total. The largest absolute Gasteiger partial charge is 0.361 e. The topological polar surface area (TPSA) is 44.5 Å². The minimum absolute atomic E-state index is 1.04. The van der Waals surface area contributed by atoms with Gasteiger partial charge in [0.2, 0.25) is 0 Å². The number of hydrogen-bond donors (Lipinski definition) is 2. The SMILES string of the molecule is CCc1ccc2nc[nH]c2c1.c1ccc2[nH]ccc2c1. The van der Waals surface area contributed by atoms with Gasteiger partial charge in [0, 0.05) is 11.7 Å². The second-order valence-corrected chi connectivity index (χ2v) is 4.67. The predicted molar refractivity (Wildman–Crippen MR) is 83.8 cm³/mol. The number of benzene rings is 2. The van der Waals surface area contributed by atoms with E-state index < -0.39 is 0 Å². The van der Waals surface area contributed by atoms with E-state index in [0.717, 1.165) is 17.5 Å². The van der Waals surface area contributed by atoms with Crippen LogP contribution in [0.25, 0.3) is 21.9 Å². The van der Waals surface area contributed by atoms with Gasteiger partial charge >= 0.3 is 0 Å². The van der Waals surface area contributed by atoms with E-state index >= 15 is 0 Å². The van der Waals surface area contributed by atoms with Crippen molar-refractivity contribution < 1.29 is 0 Å². The number of imidazole rings is 1. The molecule has 0 aliphatic heterocycles. The van der Waals surface area contributed by atoms with E-state index in [1.807, 2.05) is 24.4 Å². The average molecular weight is 263 g/mol. The average Bonchev–Trinajstić information content (AvgIpc) is 3.15. The van der Waals surface area contributed by atoms with Gasteiger partial charge in [0.1, 0.15) is 0 Å². The minimum atomic E-state index is 1.04. The molecular formula is C17H17N3. The molecule has 0 amide bonds. The first-order chi connectivity index (χ1) is 9.86. The second kappa shape index (κ2) is 5.61. The summed E-state index contributed by atoms with van der Waals surface area (Å²) in [4.78, 5) is 10.3. The van der Waals surface area contributed by atoms with Gasteiger partial charge in [-0.05, 0) is 41.6 Å². The molecule has 20 heavy (non-hydrogen) atoms. The minimum Gasteiger partial charge on any atom is -0.361 e. The van der Waals surface area contributed by atoms with Crippen LogP contribution >= 0.6 is 0 Å². The van der Waals surface area contributed by atoms with Crippen LogP contribution in [-0.4, -0.2) is 15.0 Å². The highest BCUT2D eigenvalue weighted by Crippen LogP contribution is 2.11. The van der Waals surface area contributed by atoms with Crippen LogP contribution in [0.4, 0.5) is 0 Å². The Kier molecular flexibility index (Phi) is 3.50. The van der Waals surface area contributed by atoms with Crippen molar-refractivity contribution in [2.24, 2.45) is 0 Å². The molecule has 0 bridgehead atoms. The van der Waals surface area contributed by atoms with E-state index in [1.165, 1.54) is 16.5 Å². The van der Waals surface area contributed by atoms with Crippen molar-refractivity contribution in [3.63, 3.8) is 0 Å². The van der Waals surface area contributed by atoms with E-state index in [2.05, 4.69) is 52.2 Å². The van der Waals surface area contributed by atoms with E-state index in [9.17, 15) is 0 Å². The maximum Gasteiger partial charge on any atom is 0.0931 e. The van der Waals surface area contributed by atoms with E-state index in [1.54, 1.807) is 6.33 Å². The molecule has 3 nitrogen and oxygen atoms in total. The maximum atomic E-state index is 4.14. The molecule has 0 atom stereocenters. The Morgan fingerprint density at radius 3 is 2.70 bits per heavy atom. The van der Waals surface area contributed by atoms with Crippen LogP contribution < -0.4 is 0 Å². The van der Waals surface area contributed by atoms with Crippen molar-refractivity contribution >= 4 is 21.9 Å². The Morgan fingerprint density at radius 1 is 0.950 bits per heavy atom. The van der Waals surface area contributed by atoms with Crippen LogP contribution in [0.1, 0.15) is 12.5 Å². The van der Waals surface area contributed by atoms with Crippen LogP contribution in [0.3, 0.4) is 0 Å². The van der Waals surface area contributed by atoms with Crippen molar-refractivity contribution in [2.75, 3.05) is 0 Å². The first-order valence-electron chi connectivity index (χ1n) is 6.81. The fourth-order valence-electron chi connectivity index (χ4n) is 2.20. The lowest BCUT2D eigenvalue weighted by Crippen LogP contribution is -1.78. The van der Waals surface area contributed by atoms with Gasteiger partial charge in [-0.25, -0.2) is 4.98 Å². The monoisotopic (exact) mass is 263 g/mol. The van der Waals surface area contributed by atoms with Crippen molar-refractivity contribution in [3.05, 3.63) is 66.6 Å². The number of nitrogens with zero attached hydrogens (tertiary/aromatic N) is 1. The van der Waals surface area contributed by atoms with Gasteiger partial charge in [-0.3, -0.25) is 0 Å². The molecule has 0 spiro atoms. The third kappa shape index (κ3) is 2.57. The van der Waals surface area contributed by atoms with Crippen LogP contribution in [0.15, 0.2) is 61.1 Å². The lowest BCUT2D eigenvalue weighted by atomic mass is 10.1. The van der Waals surface area contributed by atoms with Gasteiger partial charge < -0.3 is 9.97 Å². The number of nitrogens with one attached hydrogen (secondary N) is 2. The first kappa shape index (κ1) is 12.5. The van der Waals surface area contributed by atoms with Crippen molar-refractivity contribution in [1.82, 2.24) is 15.0 Å². The summed E-state index contributed by atoms with van der Waals surface area (Å²) in [5, 5.41) is 1.28. The molecule has 0 aliphatic carbocycles. The number of H-pyrrole nitrogens is 2. The normalized spacial score (nSPS) is 10.4. The molecule has 2 heterocycles. The van der Waals surface area contributed by atoms with Crippen molar-refractivity contribution in [3.8, 4) is 0 Å². The van der Waals surface area contributed by atoms with E-state index in [4.69, 9.17) is 0 Å². The molecule has 0 radical (unpaired) electrons. The van der Waals surface area contributed by atoms with Gasteiger partial charge in [-0.2, -0.15) is 0 Å². The molecule has 0 unspecified atom stereocenters. The highest BCUT2D eigenvalue weighted by molar-refractivity contribution is 5.78. The third-order valence-electron chi connectivity index (χ3n) is 3.36. The lowest BCUT2D eigenvalue weighted by Gasteiger charge is -1.93. The molecule has 0 saturated carbocycles. The zero-order valence-corrected chi connectivity index (χ0v) is 11.4. The number of rotatable bonds is 1. The standard InChI is InChI=1S/C9H10N2.C8H7N/c1-2-7-3-4-8-9(5-7)11-6-10-8;1-2-4-8-7(3-1)5-6-9-8/h3-6H,2H2,1H3,(H,10,11);1-6,9H. The van der Waals surface area contributed by atoms with Crippen LogP contribution in [0, 0.1) is 0 Å². The second-order valence-electron chi connectivity index (χ2n) is 4.67. The molecule has 0 saturated heterocycles. The van der Waals surface area contributed by atoms with Crippen LogP contribution in [-0.2, 0) is 6.42 Å². The van der Waals surface area contributed by atoms with E-state index in [0.29, 0.717) is 0 Å². The van der Waals surface area contributed by atoms with Gasteiger partial charge in [0.15, 0.2) is 0 Å². The van der Waals surface area contributed by atoms with Gasteiger partial charge in [0.05, 0.1) is 17.4 Å². The maximum absolute atomic E-state index is 4.14. The zero-order valence-electron chi connectivity index (χ0n) is 11.4. The molecule has 0 fully saturated rings. The smallest absolute Gasteiger partial charge is 0.0931 e. The molecule has 4 aromatic rings. The van der Waals surface area contributed by atoms with E-state index in [-0.39, 0.29) is 0 Å². The molecule has 3 heteroatoms. The summed E-state index contributed by atoms with van der Waals surface area (Å²) in [5.41, 5.74) is 4.73. The highest BCUT2D eigenvalue weighted by Gasteiger charge is 1.94. The summed E-state index contributed by atoms with van der Waals surface area (Å²) < 4.78 is 0.